The summed E-state index contributed by atoms with van der Waals surface area (Å²) < 4.78 is 5.65. The molecule has 0 fully saturated rings. The van der Waals surface area contributed by atoms with Crippen LogP contribution in [-0.2, 0) is 11.2 Å². The fraction of sp³-hybridized carbons (Fsp3) is 0.550. The van der Waals surface area contributed by atoms with E-state index in [1.54, 1.807) is 0 Å². The van der Waals surface area contributed by atoms with E-state index in [0.717, 1.165) is 18.4 Å². The number of rotatable bonds is 2. The molecule has 24 heavy (non-hydrogen) atoms. The molecule has 2 heterocycles. The first-order valence-corrected chi connectivity index (χ1v) is 8.85. The van der Waals surface area contributed by atoms with Gasteiger partial charge >= 0.3 is 6.09 Å². The summed E-state index contributed by atoms with van der Waals surface area (Å²) in [5, 5.41) is 1.28. The van der Waals surface area contributed by atoms with E-state index in [2.05, 4.69) is 37.0 Å². The van der Waals surface area contributed by atoms with Gasteiger partial charge in [-0.2, -0.15) is 0 Å². The molecule has 130 valence electrons. The molecule has 1 aromatic carbocycles. The highest BCUT2D eigenvalue weighted by molar-refractivity contribution is 5.85. The molecule has 0 radical (unpaired) electrons. The normalized spacial score (nSPS) is 18.1. The Bertz CT molecular complexity index is 740. The number of hydrogen-bond acceptors (Lipinski definition) is 2. The summed E-state index contributed by atoms with van der Waals surface area (Å²) in [5.41, 5.74) is 3.22. The van der Waals surface area contributed by atoms with Crippen LogP contribution in [0.2, 0.25) is 0 Å². The number of aromatic amines is 1. The van der Waals surface area contributed by atoms with Crippen molar-refractivity contribution in [3.63, 3.8) is 0 Å². The van der Waals surface area contributed by atoms with Crippen molar-refractivity contribution in [1.82, 2.24) is 9.88 Å². The van der Waals surface area contributed by atoms with Gasteiger partial charge in [0.1, 0.15) is 5.60 Å². The summed E-state index contributed by atoms with van der Waals surface area (Å²) in [4.78, 5) is 18.2. The molecule has 1 aliphatic heterocycles. The largest absolute Gasteiger partial charge is 0.444 e. The van der Waals surface area contributed by atoms with Crippen LogP contribution in [0, 0.1) is 5.92 Å². The van der Waals surface area contributed by atoms with Gasteiger partial charge in [-0.05, 0) is 51.2 Å². The minimum absolute atomic E-state index is 0.0519. The molecule has 1 atom stereocenters. The minimum atomic E-state index is -0.472. The Morgan fingerprint density at radius 3 is 2.71 bits per heavy atom. The van der Waals surface area contributed by atoms with Crippen LogP contribution in [0.4, 0.5) is 4.79 Å². The molecule has 0 unspecified atom stereocenters. The lowest BCUT2D eigenvalue weighted by atomic mass is 9.92. The molecule has 1 aromatic heterocycles. The smallest absolute Gasteiger partial charge is 0.410 e. The number of carbonyl (C=O) groups is 1. The average Bonchev–Trinajstić information content (AvgIpc) is 2.84. The Labute approximate surface area is 144 Å². The maximum atomic E-state index is 12.7. The number of amides is 1. The lowest BCUT2D eigenvalue weighted by molar-refractivity contribution is 0.0116. The zero-order valence-electron chi connectivity index (χ0n) is 15.3. The molecular weight excluding hydrogens is 300 g/mol. The third kappa shape index (κ3) is 3.28. The summed E-state index contributed by atoms with van der Waals surface area (Å²) in [6.45, 7) is 10.9. The number of para-hydroxylation sites is 1. The molecular formula is C20H28N2O2. The quantitative estimate of drug-likeness (QED) is 0.838. The summed E-state index contributed by atoms with van der Waals surface area (Å²) in [5.74, 6) is 0.497. The maximum Gasteiger partial charge on any atom is 0.410 e. The second-order valence-electron chi connectivity index (χ2n) is 8.13. The highest BCUT2D eigenvalue weighted by Crippen LogP contribution is 2.38. The molecule has 1 aliphatic rings. The second-order valence-corrected chi connectivity index (χ2v) is 8.13. The van der Waals surface area contributed by atoms with Crippen LogP contribution in [0.15, 0.2) is 24.3 Å². The fourth-order valence-corrected chi connectivity index (χ4v) is 3.55. The number of benzene rings is 1. The molecule has 0 spiro atoms. The van der Waals surface area contributed by atoms with E-state index in [4.69, 9.17) is 4.74 Å². The topological polar surface area (TPSA) is 45.3 Å². The van der Waals surface area contributed by atoms with Gasteiger partial charge in [0.15, 0.2) is 0 Å². The summed E-state index contributed by atoms with van der Waals surface area (Å²) >= 11 is 0. The van der Waals surface area contributed by atoms with Crippen molar-refractivity contribution < 1.29 is 9.53 Å². The van der Waals surface area contributed by atoms with Gasteiger partial charge in [0.05, 0.1) is 6.04 Å². The van der Waals surface area contributed by atoms with E-state index in [0.29, 0.717) is 12.5 Å². The number of aromatic nitrogens is 1. The molecule has 0 saturated carbocycles. The van der Waals surface area contributed by atoms with E-state index < -0.39 is 5.60 Å². The molecule has 4 nitrogen and oxygen atoms in total. The Balaban J connectivity index is 1.99. The second kappa shape index (κ2) is 6.15. The molecule has 4 heteroatoms. The Hall–Kier alpha value is -1.97. The summed E-state index contributed by atoms with van der Waals surface area (Å²) in [7, 11) is 0. The highest BCUT2D eigenvalue weighted by atomic mass is 16.6. The van der Waals surface area contributed by atoms with Crippen molar-refractivity contribution in [2.24, 2.45) is 5.92 Å². The van der Waals surface area contributed by atoms with E-state index in [9.17, 15) is 4.79 Å². The average molecular weight is 328 g/mol. The first-order valence-electron chi connectivity index (χ1n) is 8.85. The van der Waals surface area contributed by atoms with Crippen LogP contribution in [0.1, 0.15) is 58.3 Å². The van der Waals surface area contributed by atoms with Crippen LogP contribution in [0.3, 0.4) is 0 Å². The summed E-state index contributed by atoms with van der Waals surface area (Å²) in [6, 6.07) is 8.45. The van der Waals surface area contributed by atoms with Gasteiger partial charge < -0.3 is 9.72 Å². The number of carbonyl (C=O) groups excluding carboxylic acids is 1. The van der Waals surface area contributed by atoms with Crippen molar-refractivity contribution >= 4 is 17.0 Å². The maximum absolute atomic E-state index is 12.7. The number of H-pyrrole nitrogens is 1. The van der Waals surface area contributed by atoms with Gasteiger partial charge in [0.2, 0.25) is 0 Å². The third-order valence-corrected chi connectivity index (χ3v) is 4.48. The number of nitrogens with zero attached hydrogens (tertiary/aromatic N) is 1. The van der Waals surface area contributed by atoms with E-state index in [-0.39, 0.29) is 12.1 Å². The van der Waals surface area contributed by atoms with Gasteiger partial charge in [0, 0.05) is 23.1 Å². The Morgan fingerprint density at radius 1 is 1.33 bits per heavy atom. The van der Waals surface area contributed by atoms with E-state index >= 15 is 0 Å². The van der Waals surface area contributed by atoms with Crippen molar-refractivity contribution in [2.45, 2.75) is 59.1 Å². The van der Waals surface area contributed by atoms with Gasteiger partial charge in [0.25, 0.3) is 0 Å². The molecule has 3 rings (SSSR count). The SMILES string of the molecule is CC(C)C[C@@H]1c2[nH]c3ccccc3c2CCN1C(=O)OC(C)(C)C. The van der Waals surface area contributed by atoms with E-state index in [1.807, 2.05) is 31.7 Å². The Morgan fingerprint density at radius 2 is 2.04 bits per heavy atom. The number of ether oxygens (including phenoxy) is 1. The lowest BCUT2D eigenvalue weighted by Crippen LogP contribution is -2.43. The Kier molecular flexibility index (Phi) is 4.33. The third-order valence-electron chi connectivity index (χ3n) is 4.48. The van der Waals surface area contributed by atoms with Crippen LogP contribution in [-0.4, -0.2) is 28.1 Å². The van der Waals surface area contributed by atoms with Gasteiger partial charge in [-0.25, -0.2) is 4.79 Å². The predicted octanol–water partition coefficient (Wildman–Crippen LogP) is 5.05. The first-order chi connectivity index (χ1) is 11.3. The van der Waals surface area contributed by atoms with E-state index in [1.165, 1.54) is 16.6 Å². The molecule has 1 amide bonds. The van der Waals surface area contributed by atoms with Crippen LogP contribution in [0.25, 0.3) is 10.9 Å². The van der Waals surface area contributed by atoms with Crippen molar-refractivity contribution in [2.75, 3.05) is 6.54 Å². The van der Waals surface area contributed by atoms with Gasteiger partial charge in [-0.15, -0.1) is 0 Å². The lowest BCUT2D eigenvalue weighted by Gasteiger charge is -2.37. The molecule has 1 N–H and O–H groups in total. The summed E-state index contributed by atoms with van der Waals surface area (Å²) in [6.07, 6.45) is 1.59. The van der Waals surface area contributed by atoms with Crippen molar-refractivity contribution in [3.8, 4) is 0 Å². The van der Waals surface area contributed by atoms with Crippen LogP contribution in [0.5, 0.6) is 0 Å². The highest BCUT2D eigenvalue weighted by Gasteiger charge is 2.35. The predicted molar refractivity (Wildman–Crippen MR) is 97.1 cm³/mol. The number of fused-ring (bicyclic) bond motifs is 3. The first kappa shape index (κ1) is 16.9. The standard InChI is InChI=1S/C20H28N2O2/c1-13(2)12-17-18-15(14-8-6-7-9-16(14)21-18)10-11-22(17)19(23)24-20(3,4)5/h6-9,13,17,21H,10-12H2,1-5H3/t17-/m1/s1. The number of hydrogen-bond donors (Lipinski definition) is 1. The van der Waals surface area contributed by atoms with Crippen molar-refractivity contribution in [3.05, 3.63) is 35.5 Å². The van der Waals surface area contributed by atoms with Gasteiger partial charge in [-0.1, -0.05) is 32.0 Å². The van der Waals surface area contributed by atoms with Crippen molar-refractivity contribution in [1.29, 1.82) is 0 Å². The molecule has 0 saturated heterocycles. The van der Waals surface area contributed by atoms with Crippen LogP contribution >= 0.6 is 0 Å². The molecule has 0 bridgehead atoms. The molecule has 2 aromatic rings. The van der Waals surface area contributed by atoms with Crippen LogP contribution < -0.4 is 0 Å². The molecule has 0 aliphatic carbocycles. The fourth-order valence-electron chi connectivity index (χ4n) is 3.55. The minimum Gasteiger partial charge on any atom is -0.444 e. The monoisotopic (exact) mass is 328 g/mol. The van der Waals surface area contributed by atoms with Gasteiger partial charge in [-0.3, -0.25) is 4.90 Å². The zero-order valence-corrected chi connectivity index (χ0v) is 15.3. The zero-order chi connectivity index (χ0) is 17.5. The number of nitrogens with one attached hydrogen (secondary N) is 1.